The van der Waals surface area contributed by atoms with Crippen LogP contribution in [0.25, 0.3) is 0 Å². The van der Waals surface area contributed by atoms with Crippen LogP contribution in [-0.2, 0) is 0 Å². The summed E-state index contributed by atoms with van der Waals surface area (Å²) in [6, 6.07) is 0. The lowest BCUT2D eigenvalue weighted by Crippen LogP contribution is -2.40. The third kappa shape index (κ3) is 0.983. The number of hydrogen-bond acceptors (Lipinski definition) is 1. The minimum Gasteiger partial charge on any atom is -0.396 e. The highest BCUT2D eigenvalue weighted by atomic mass is 16.3. The maximum atomic E-state index is 8.95. The summed E-state index contributed by atoms with van der Waals surface area (Å²) in [5, 5.41) is 8.95. The van der Waals surface area contributed by atoms with Gasteiger partial charge in [0.15, 0.2) is 0 Å². The van der Waals surface area contributed by atoms with Crippen molar-refractivity contribution in [2.75, 3.05) is 6.61 Å². The topological polar surface area (TPSA) is 20.2 Å². The minimum absolute atomic E-state index is 0.286. The predicted molar refractivity (Wildman–Crippen MR) is 38.2 cm³/mol. The van der Waals surface area contributed by atoms with Crippen molar-refractivity contribution in [2.24, 2.45) is 11.3 Å². The van der Waals surface area contributed by atoms with Crippen LogP contribution >= 0.6 is 0 Å². The van der Waals surface area contributed by atoms with Crippen LogP contribution in [0.5, 0.6) is 0 Å². The van der Waals surface area contributed by atoms with E-state index in [0.29, 0.717) is 6.61 Å². The van der Waals surface area contributed by atoms with Crippen LogP contribution in [0.1, 0.15) is 33.1 Å². The molecule has 1 saturated carbocycles. The molecule has 0 saturated heterocycles. The summed E-state index contributed by atoms with van der Waals surface area (Å²) in [5.74, 6) is 0.794. The Balaban J connectivity index is 2.41. The second kappa shape index (κ2) is 2.30. The minimum atomic E-state index is 0.286. The van der Waals surface area contributed by atoms with Gasteiger partial charge in [-0.2, -0.15) is 0 Å². The molecule has 1 aliphatic rings. The standard InChI is InChI=1S/C8H16O/c1-3-7-4-5-8(7,2)6-9/h7,9H,3-6H2,1-2H3. The van der Waals surface area contributed by atoms with Crippen molar-refractivity contribution in [3.63, 3.8) is 0 Å². The number of aliphatic hydroxyl groups excluding tert-OH is 1. The van der Waals surface area contributed by atoms with Gasteiger partial charge in [-0.1, -0.05) is 20.3 Å². The molecule has 0 bridgehead atoms. The molecule has 0 spiro atoms. The van der Waals surface area contributed by atoms with Crippen LogP contribution in [0.3, 0.4) is 0 Å². The molecule has 54 valence electrons. The third-order valence-corrected chi connectivity index (χ3v) is 2.90. The van der Waals surface area contributed by atoms with Gasteiger partial charge in [0.25, 0.3) is 0 Å². The van der Waals surface area contributed by atoms with Crippen molar-refractivity contribution in [1.82, 2.24) is 0 Å². The van der Waals surface area contributed by atoms with Crippen LogP contribution in [0.2, 0.25) is 0 Å². The summed E-state index contributed by atoms with van der Waals surface area (Å²) < 4.78 is 0. The van der Waals surface area contributed by atoms with Crippen LogP contribution in [-0.4, -0.2) is 11.7 Å². The Hall–Kier alpha value is -0.0400. The Labute approximate surface area is 57.1 Å². The Morgan fingerprint density at radius 2 is 2.33 bits per heavy atom. The molecule has 2 atom stereocenters. The quantitative estimate of drug-likeness (QED) is 0.601. The first-order chi connectivity index (χ1) is 4.23. The Morgan fingerprint density at radius 1 is 1.67 bits per heavy atom. The predicted octanol–water partition coefficient (Wildman–Crippen LogP) is 1.81. The second-order valence-electron chi connectivity index (χ2n) is 3.46. The molecule has 1 nitrogen and oxygen atoms in total. The zero-order valence-electron chi connectivity index (χ0n) is 6.35. The van der Waals surface area contributed by atoms with Gasteiger partial charge in [-0.25, -0.2) is 0 Å². The van der Waals surface area contributed by atoms with E-state index in [2.05, 4.69) is 13.8 Å². The monoisotopic (exact) mass is 128 g/mol. The highest BCUT2D eigenvalue weighted by Gasteiger charge is 2.40. The van der Waals surface area contributed by atoms with E-state index in [1.54, 1.807) is 0 Å². The first-order valence-electron chi connectivity index (χ1n) is 3.84. The van der Waals surface area contributed by atoms with E-state index in [1.165, 1.54) is 19.3 Å². The zero-order chi connectivity index (χ0) is 6.91. The summed E-state index contributed by atoms with van der Waals surface area (Å²) in [5.41, 5.74) is 0.286. The van der Waals surface area contributed by atoms with Gasteiger partial charge in [0, 0.05) is 6.61 Å². The average Bonchev–Trinajstić information content (AvgIpc) is 1.85. The van der Waals surface area contributed by atoms with E-state index in [1.807, 2.05) is 0 Å². The number of hydrogen-bond donors (Lipinski definition) is 1. The molecular formula is C8H16O. The Bertz CT molecular complexity index is 94.7. The average molecular weight is 128 g/mol. The fourth-order valence-electron chi connectivity index (χ4n) is 1.75. The lowest BCUT2D eigenvalue weighted by Gasteiger charge is -2.45. The van der Waals surface area contributed by atoms with E-state index < -0.39 is 0 Å². The summed E-state index contributed by atoms with van der Waals surface area (Å²) in [6.45, 7) is 4.77. The van der Waals surface area contributed by atoms with Crippen LogP contribution in [0.4, 0.5) is 0 Å². The molecule has 1 N–H and O–H groups in total. The van der Waals surface area contributed by atoms with Gasteiger partial charge in [-0.3, -0.25) is 0 Å². The highest BCUT2D eigenvalue weighted by Crippen LogP contribution is 2.47. The van der Waals surface area contributed by atoms with Gasteiger partial charge in [0.1, 0.15) is 0 Å². The maximum Gasteiger partial charge on any atom is 0.0487 e. The summed E-state index contributed by atoms with van der Waals surface area (Å²) in [6.07, 6.45) is 3.78. The summed E-state index contributed by atoms with van der Waals surface area (Å²) in [7, 11) is 0. The van der Waals surface area contributed by atoms with Crippen LogP contribution < -0.4 is 0 Å². The molecule has 0 amide bonds. The molecule has 1 rings (SSSR count). The molecule has 0 aromatic heterocycles. The lowest BCUT2D eigenvalue weighted by molar-refractivity contribution is -0.0115. The highest BCUT2D eigenvalue weighted by molar-refractivity contribution is 4.90. The Morgan fingerprint density at radius 3 is 2.44 bits per heavy atom. The lowest BCUT2D eigenvalue weighted by atomic mass is 9.61. The molecular weight excluding hydrogens is 112 g/mol. The SMILES string of the molecule is CCC1CCC1(C)CO. The van der Waals surface area contributed by atoms with Gasteiger partial charge < -0.3 is 5.11 Å². The van der Waals surface area contributed by atoms with E-state index in [0.717, 1.165) is 5.92 Å². The molecule has 0 aliphatic heterocycles. The molecule has 0 aromatic rings. The first kappa shape index (κ1) is 7.07. The number of rotatable bonds is 2. The second-order valence-corrected chi connectivity index (χ2v) is 3.46. The van der Waals surface area contributed by atoms with Crippen LogP contribution in [0.15, 0.2) is 0 Å². The molecule has 0 heterocycles. The van der Waals surface area contributed by atoms with Crippen LogP contribution in [0, 0.1) is 11.3 Å². The number of aliphatic hydroxyl groups is 1. The van der Waals surface area contributed by atoms with E-state index >= 15 is 0 Å². The normalized spacial score (nSPS) is 42.3. The molecule has 1 heteroatoms. The van der Waals surface area contributed by atoms with Gasteiger partial charge in [-0.15, -0.1) is 0 Å². The molecule has 1 fully saturated rings. The van der Waals surface area contributed by atoms with Gasteiger partial charge in [-0.05, 0) is 24.2 Å². The first-order valence-corrected chi connectivity index (χ1v) is 3.84. The van der Waals surface area contributed by atoms with E-state index in [4.69, 9.17) is 5.11 Å². The van der Waals surface area contributed by atoms with Gasteiger partial charge >= 0.3 is 0 Å². The molecule has 2 unspecified atom stereocenters. The van der Waals surface area contributed by atoms with Gasteiger partial charge in [0.2, 0.25) is 0 Å². The van der Waals surface area contributed by atoms with E-state index in [-0.39, 0.29) is 5.41 Å². The maximum absolute atomic E-state index is 8.95. The molecule has 0 aromatic carbocycles. The van der Waals surface area contributed by atoms with Crippen molar-refractivity contribution < 1.29 is 5.11 Å². The Kier molecular flexibility index (Phi) is 1.80. The zero-order valence-corrected chi connectivity index (χ0v) is 6.35. The van der Waals surface area contributed by atoms with Gasteiger partial charge in [0.05, 0.1) is 0 Å². The van der Waals surface area contributed by atoms with E-state index in [9.17, 15) is 0 Å². The molecule has 1 aliphatic carbocycles. The fourth-order valence-corrected chi connectivity index (χ4v) is 1.75. The molecule has 0 radical (unpaired) electrons. The van der Waals surface area contributed by atoms with Crippen molar-refractivity contribution >= 4 is 0 Å². The van der Waals surface area contributed by atoms with Crippen molar-refractivity contribution in [3.05, 3.63) is 0 Å². The van der Waals surface area contributed by atoms with Crippen molar-refractivity contribution in [2.45, 2.75) is 33.1 Å². The fraction of sp³-hybridized carbons (Fsp3) is 1.00. The molecule has 9 heavy (non-hydrogen) atoms. The van der Waals surface area contributed by atoms with Crippen molar-refractivity contribution in [1.29, 1.82) is 0 Å². The third-order valence-electron chi connectivity index (χ3n) is 2.90. The van der Waals surface area contributed by atoms with Crippen molar-refractivity contribution in [3.8, 4) is 0 Å². The summed E-state index contributed by atoms with van der Waals surface area (Å²) in [4.78, 5) is 0. The summed E-state index contributed by atoms with van der Waals surface area (Å²) >= 11 is 0. The smallest absolute Gasteiger partial charge is 0.0487 e. The largest absolute Gasteiger partial charge is 0.396 e.